The lowest BCUT2D eigenvalue weighted by molar-refractivity contribution is -0.137. The number of nitrogens with zero attached hydrogens (tertiary/aromatic N) is 1. The number of rotatable bonds is 5. The molecule has 25 heavy (non-hydrogen) atoms. The van der Waals surface area contributed by atoms with E-state index in [4.69, 9.17) is 0 Å². The van der Waals surface area contributed by atoms with Crippen molar-refractivity contribution in [2.75, 3.05) is 0 Å². The first-order valence-corrected chi connectivity index (χ1v) is 9.55. The fourth-order valence-electron chi connectivity index (χ4n) is 2.30. The lowest BCUT2D eigenvalue weighted by Crippen LogP contribution is -2.04. The number of benzene rings is 2. The first-order chi connectivity index (χ1) is 11.9. The number of hydrogen-bond acceptors (Lipinski definition) is 3. The first kappa shape index (κ1) is 18.0. The highest BCUT2D eigenvalue weighted by atomic mass is 32.2. The zero-order chi connectivity index (χ0) is 17.9. The standard InChI is InChI=1S/C19H16F3NS2/c1-13-5-7-14(8-6-13)9-18-23-16(12-25-18)11-24-17-4-2-3-15(10-17)19(20,21)22/h2-8,10,12H,9,11H2,1H3. The molecule has 0 radical (unpaired) electrons. The molecule has 0 aliphatic heterocycles. The van der Waals surface area contributed by atoms with Crippen molar-refractivity contribution < 1.29 is 13.2 Å². The van der Waals surface area contributed by atoms with Crippen molar-refractivity contribution in [1.29, 1.82) is 0 Å². The van der Waals surface area contributed by atoms with Gasteiger partial charge in [0.15, 0.2) is 0 Å². The molecule has 0 N–H and O–H groups in total. The first-order valence-electron chi connectivity index (χ1n) is 7.69. The average molecular weight is 379 g/mol. The molecule has 0 saturated carbocycles. The molecule has 0 spiro atoms. The Morgan fingerprint density at radius 3 is 2.56 bits per heavy atom. The van der Waals surface area contributed by atoms with Gasteiger partial charge in [0.2, 0.25) is 0 Å². The predicted molar refractivity (Wildman–Crippen MR) is 97.1 cm³/mol. The van der Waals surface area contributed by atoms with E-state index in [1.165, 1.54) is 35.0 Å². The molecule has 1 heterocycles. The smallest absolute Gasteiger partial charge is 0.245 e. The van der Waals surface area contributed by atoms with Gasteiger partial charge in [-0.2, -0.15) is 13.2 Å². The van der Waals surface area contributed by atoms with E-state index in [2.05, 4.69) is 36.2 Å². The van der Waals surface area contributed by atoms with E-state index in [9.17, 15) is 13.2 Å². The Kier molecular flexibility index (Phi) is 5.49. The SMILES string of the molecule is Cc1ccc(Cc2nc(CSc3cccc(C(F)(F)F)c3)cs2)cc1. The van der Waals surface area contributed by atoms with Crippen LogP contribution < -0.4 is 0 Å². The highest BCUT2D eigenvalue weighted by Crippen LogP contribution is 2.33. The number of thiazole rings is 1. The number of thioether (sulfide) groups is 1. The minimum absolute atomic E-state index is 0.561. The van der Waals surface area contributed by atoms with Gasteiger partial charge < -0.3 is 0 Å². The van der Waals surface area contributed by atoms with Crippen LogP contribution in [0, 0.1) is 6.92 Å². The third kappa shape index (κ3) is 5.09. The Balaban J connectivity index is 1.61. The summed E-state index contributed by atoms with van der Waals surface area (Å²) in [7, 11) is 0. The van der Waals surface area contributed by atoms with Crippen LogP contribution in [0.3, 0.4) is 0 Å². The number of aryl methyl sites for hydroxylation is 1. The van der Waals surface area contributed by atoms with E-state index in [-0.39, 0.29) is 0 Å². The summed E-state index contributed by atoms with van der Waals surface area (Å²) in [5.74, 6) is 0.561. The van der Waals surface area contributed by atoms with E-state index >= 15 is 0 Å². The van der Waals surface area contributed by atoms with Gasteiger partial charge in [-0.15, -0.1) is 23.1 Å². The van der Waals surface area contributed by atoms with Crippen LogP contribution in [-0.2, 0) is 18.3 Å². The van der Waals surface area contributed by atoms with Crippen molar-refractivity contribution in [2.24, 2.45) is 0 Å². The summed E-state index contributed by atoms with van der Waals surface area (Å²) in [6.07, 6.45) is -3.53. The molecule has 0 aliphatic carbocycles. The molecule has 3 rings (SSSR count). The van der Waals surface area contributed by atoms with Crippen LogP contribution in [0.15, 0.2) is 58.8 Å². The fourth-order valence-corrected chi connectivity index (χ4v) is 4.08. The molecule has 0 aliphatic rings. The molecule has 6 heteroatoms. The molecule has 0 amide bonds. The number of halogens is 3. The van der Waals surface area contributed by atoms with Gasteiger partial charge in [0.1, 0.15) is 0 Å². The van der Waals surface area contributed by atoms with E-state index < -0.39 is 11.7 Å². The van der Waals surface area contributed by atoms with Gasteiger partial charge in [-0.25, -0.2) is 4.98 Å². The minimum atomic E-state index is -4.31. The molecule has 2 aromatic carbocycles. The second-order valence-electron chi connectivity index (χ2n) is 5.71. The van der Waals surface area contributed by atoms with Gasteiger partial charge >= 0.3 is 6.18 Å². The molecular formula is C19H16F3NS2. The molecule has 130 valence electrons. The van der Waals surface area contributed by atoms with Crippen molar-refractivity contribution in [2.45, 2.75) is 30.2 Å². The molecule has 0 fully saturated rings. The quantitative estimate of drug-likeness (QED) is 0.479. The summed E-state index contributed by atoms with van der Waals surface area (Å²) in [4.78, 5) is 5.19. The second kappa shape index (κ2) is 7.62. The van der Waals surface area contributed by atoms with Crippen LogP contribution in [0.1, 0.15) is 27.4 Å². The summed E-state index contributed by atoms with van der Waals surface area (Å²) in [5.41, 5.74) is 2.71. The van der Waals surface area contributed by atoms with Crippen LogP contribution in [0.25, 0.3) is 0 Å². The van der Waals surface area contributed by atoms with E-state index in [0.717, 1.165) is 23.2 Å². The minimum Gasteiger partial charge on any atom is -0.245 e. The Hall–Kier alpha value is -1.79. The van der Waals surface area contributed by atoms with Crippen LogP contribution in [0.4, 0.5) is 13.2 Å². The van der Waals surface area contributed by atoms with Crippen LogP contribution >= 0.6 is 23.1 Å². The summed E-state index contributed by atoms with van der Waals surface area (Å²) in [6.45, 7) is 2.05. The summed E-state index contributed by atoms with van der Waals surface area (Å²) >= 11 is 2.96. The van der Waals surface area contributed by atoms with Gasteiger partial charge in [0.05, 0.1) is 16.3 Å². The van der Waals surface area contributed by atoms with Crippen molar-refractivity contribution >= 4 is 23.1 Å². The van der Waals surface area contributed by atoms with Crippen molar-refractivity contribution in [3.63, 3.8) is 0 Å². The third-order valence-corrected chi connectivity index (χ3v) is 5.55. The maximum absolute atomic E-state index is 12.7. The van der Waals surface area contributed by atoms with Crippen molar-refractivity contribution in [3.05, 3.63) is 81.3 Å². The maximum Gasteiger partial charge on any atom is 0.416 e. The molecule has 1 aromatic heterocycles. The molecule has 0 bridgehead atoms. The second-order valence-corrected chi connectivity index (χ2v) is 7.70. The molecular weight excluding hydrogens is 363 g/mol. The van der Waals surface area contributed by atoms with Gasteiger partial charge in [0, 0.05) is 22.4 Å². The molecule has 3 aromatic rings. The number of hydrogen-bond donors (Lipinski definition) is 0. The zero-order valence-electron chi connectivity index (χ0n) is 13.5. The Morgan fingerprint density at radius 2 is 1.84 bits per heavy atom. The number of aromatic nitrogens is 1. The zero-order valence-corrected chi connectivity index (χ0v) is 15.1. The largest absolute Gasteiger partial charge is 0.416 e. The van der Waals surface area contributed by atoms with E-state index in [1.54, 1.807) is 17.4 Å². The molecule has 0 saturated heterocycles. The highest BCUT2D eigenvalue weighted by Gasteiger charge is 2.30. The van der Waals surface area contributed by atoms with Crippen LogP contribution in [0.5, 0.6) is 0 Å². The lowest BCUT2D eigenvalue weighted by Gasteiger charge is -2.07. The lowest BCUT2D eigenvalue weighted by atomic mass is 10.1. The maximum atomic E-state index is 12.7. The highest BCUT2D eigenvalue weighted by molar-refractivity contribution is 7.98. The predicted octanol–water partition coefficient (Wildman–Crippen LogP) is 6.35. The van der Waals surface area contributed by atoms with Crippen LogP contribution in [-0.4, -0.2) is 4.98 Å². The third-order valence-electron chi connectivity index (χ3n) is 3.62. The average Bonchev–Trinajstić information content (AvgIpc) is 3.02. The van der Waals surface area contributed by atoms with Gasteiger partial charge in [-0.05, 0) is 30.7 Å². The summed E-state index contributed by atoms with van der Waals surface area (Å²) in [6, 6.07) is 13.7. The topological polar surface area (TPSA) is 12.9 Å². The Labute approximate surface area is 152 Å². The van der Waals surface area contributed by atoms with Crippen molar-refractivity contribution in [1.82, 2.24) is 4.98 Å². The molecule has 0 atom stereocenters. The summed E-state index contributed by atoms with van der Waals surface area (Å²) < 4.78 is 38.2. The Bertz CT molecular complexity index is 838. The van der Waals surface area contributed by atoms with Crippen LogP contribution in [0.2, 0.25) is 0 Å². The molecule has 0 unspecified atom stereocenters. The number of alkyl halides is 3. The van der Waals surface area contributed by atoms with Gasteiger partial charge in [-0.3, -0.25) is 0 Å². The summed E-state index contributed by atoms with van der Waals surface area (Å²) in [5, 5.41) is 2.99. The van der Waals surface area contributed by atoms with E-state index in [0.29, 0.717) is 10.6 Å². The monoisotopic (exact) mass is 379 g/mol. The van der Waals surface area contributed by atoms with Crippen molar-refractivity contribution in [3.8, 4) is 0 Å². The Morgan fingerprint density at radius 1 is 1.08 bits per heavy atom. The van der Waals surface area contributed by atoms with Gasteiger partial charge in [-0.1, -0.05) is 35.9 Å². The fraction of sp³-hybridized carbons (Fsp3) is 0.211. The molecule has 1 nitrogen and oxygen atoms in total. The van der Waals surface area contributed by atoms with E-state index in [1.807, 2.05) is 5.38 Å². The normalized spacial score (nSPS) is 11.7. The van der Waals surface area contributed by atoms with Gasteiger partial charge in [0.25, 0.3) is 0 Å².